The lowest BCUT2D eigenvalue weighted by molar-refractivity contribution is 0.106. The maximum absolute atomic E-state index is 12.3. The molecule has 13 heavy (non-hydrogen) atoms. The Morgan fingerprint density at radius 1 is 1.62 bits per heavy atom. The van der Waals surface area contributed by atoms with E-state index in [2.05, 4.69) is 4.98 Å². The predicted octanol–water partition coefficient (Wildman–Crippen LogP) is 1.98. The van der Waals surface area contributed by atoms with Crippen LogP contribution in [0.4, 0.5) is 14.6 Å². The summed E-state index contributed by atoms with van der Waals surface area (Å²) in [6.45, 7) is 0. The number of rotatable bonds is 2. The number of nitrogens with zero attached hydrogens (tertiary/aromatic N) is 1. The van der Waals surface area contributed by atoms with Crippen molar-refractivity contribution < 1.29 is 13.6 Å². The second-order valence-corrected chi connectivity index (χ2v) is 2.58. The third kappa shape index (κ3) is 1.92. The van der Waals surface area contributed by atoms with Crippen molar-refractivity contribution in [3.63, 3.8) is 0 Å². The topological polar surface area (TPSA) is 56.0 Å². The number of nitrogens with two attached hydrogens (primary N) is 1. The van der Waals surface area contributed by atoms with E-state index < -0.39 is 17.2 Å². The Kier molecular flexibility index (Phi) is 2.77. The third-order valence-corrected chi connectivity index (χ3v) is 1.65. The van der Waals surface area contributed by atoms with Gasteiger partial charge in [0, 0.05) is 11.8 Å². The number of carbonyl (C=O) groups excluding carboxylic acids is 1. The Labute approximate surface area is 77.5 Å². The van der Waals surface area contributed by atoms with Crippen LogP contribution in [0.3, 0.4) is 0 Å². The first-order valence-corrected chi connectivity index (χ1v) is 3.64. The van der Waals surface area contributed by atoms with Crippen LogP contribution in [0.25, 0.3) is 0 Å². The summed E-state index contributed by atoms with van der Waals surface area (Å²) in [7, 11) is 0. The molecule has 0 bridgehead atoms. The summed E-state index contributed by atoms with van der Waals surface area (Å²) in [6.07, 6.45) is -1.71. The Morgan fingerprint density at radius 2 is 2.23 bits per heavy atom. The minimum Gasteiger partial charge on any atom is -0.383 e. The molecule has 2 N–H and O–H groups in total. The van der Waals surface area contributed by atoms with E-state index >= 15 is 0 Å². The number of nitrogen functional groups attached to an aromatic ring is 1. The monoisotopic (exact) mass is 206 g/mol. The van der Waals surface area contributed by atoms with E-state index in [1.807, 2.05) is 0 Å². The van der Waals surface area contributed by atoms with Crippen molar-refractivity contribution in [1.82, 2.24) is 4.98 Å². The summed E-state index contributed by atoms with van der Waals surface area (Å²) in [4.78, 5) is 14.1. The van der Waals surface area contributed by atoms with Crippen LogP contribution in [0.15, 0.2) is 12.3 Å². The van der Waals surface area contributed by atoms with Gasteiger partial charge < -0.3 is 5.73 Å². The standard InChI is InChI=1S/C7H5ClF2N2O/c8-5(13)3-1-2-12-7(11)4(3)6(9)10/h1-2,6H,(H2,11,12). The molecule has 1 aromatic rings. The van der Waals surface area contributed by atoms with Gasteiger partial charge in [-0.25, -0.2) is 13.8 Å². The van der Waals surface area contributed by atoms with Gasteiger partial charge in [0.05, 0.1) is 5.56 Å². The van der Waals surface area contributed by atoms with Gasteiger partial charge in [-0.1, -0.05) is 0 Å². The normalized spacial score (nSPS) is 10.5. The molecule has 1 heterocycles. The number of carbonyl (C=O) groups is 1. The van der Waals surface area contributed by atoms with Crippen molar-refractivity contribution >= 4 is 22.7 Å². The molecular formula is C7H5ClF2N2O. The van der Waals surface area contributed by atoms with Crippen molar-refractivity contribution in [2.75, 3.05) is 5.73 Å². The van der Waals surface area contributed by atoms with E-state index in [4.69, 9.17) is 17.3 Å². The smallest absolute Gasteiger partial charge is 0.268 e. The van der Waals surface area contributed by atoms with E-state index in [1.165, 1.54) is 0 Å². The summed E-state index contributed by atoms with van der Waals surface area (Å²) in [5.74, 6) is -0.374. The third-order valence-electron chi connectivity index (χ3n) is 1.45. The highest BCUT2D eigenvalue weighted by molar-refractivity contribution is 6.68. The van der Waals surface area contributed by atoms with Crippen LogP contribution in [0.5, 0.6) is 0 Å². The fourth-order valence-corrected chi connectivity index (χ4v) is 1.05. The fourth-order valence-electron chi connectivity index (χ4n) is 0.890. The predicted molar refractivity (Wildman–Crippen MR) is 43.8 cm³/mol. The molecule has 0 saturated heterocycles. The van der Waals surface area contributed by atoms with E-state index in [-0.39, 0.29) is 11.4 Å². The van der Waals surface area contributed by atoms with Crippen LogP contribution in [0, 0.1) is 0 Å². The number of pyridine rings is 1. The van der Waals surface area contributed by atoms with Crippen molar-refractivity contribution in [2.45, 2.75) is 6.43 Å². The zero-order valence-electron chi connectivity index (χ0n) is 6.30. The largest absolute Gasteiger partial charge is 0.383 e. The average molecular weight is 207 g/mol. The van der Waals surface area contributed by atoms with Crippen molar-refractivity contribution in [1.29, 1.82) is 0 Å². The Bertz CT molecular complexity index is 343. The first kappa shape index (κ1) is 9.85. The van der Waals surface area contributed by atoms with Gasteiger partial charge in [-0.3, -0.25) is 4.79 Å². The van der Waals surface area contributed by atoms with Gasteiger partial charge in [0.25, 0.3) is 11.7 Å². The molecule has 0 radical (unpaired) electrons. The van der Waals surface area contributed by atoms with E-state index in [9.17, 15) is 13.6 Å². The number of alkyl halides is 2. The summed E-state index contributed by atoms with van der Waals surface area (Å²) >= 11 is 5.07. The highest BCUT2D eigenvalue weighted by Crippen LogP contribution is 2.27. The molecule has 0 fully saturated rings. The highest BCUT2D eigenvalue weighted by atomic mass is 35.5. The molecule has 0 aromatic carbocycles. The van der Waals surface area contributed by atoms with Crippen LogP contribution < -0.4 is 5.73 Å². The SMILES string of the molecule is Nc1nccc(C(=O)Cl)c1C(F)F. The summed E-state index contributed by atoms with van der Waals surface area (Å²) in [5.41, 5.74) is 4.25. The van der Waals surface area contributed by atoms with E-state index in [0.717, 1.165) is 12.3 Å². The minimum atomic E-state index is -2.86. The van der Waals surface area contributed by atoms with Gasteiger partial charge in [0.1, 0.15) is 5.82 Å². The lowest BCUT2D eigenvalue weighted by Crippen LogP contribution is -2.04. The zero-order valence-corrected chi connectivity index (χ0v) is 7.05. The Balaban J connectivity index is 3.34. The molecule has 0 spiro atoms. The molecule has 0 saturated carbocycles. The molecule has 0 amide bonds. The number of halogens is 3. The first-order valence-electron chi connectivity index (χ1n) is 3.26. The van der Waals surface area contributed by atoms with Crippen LogP contribution in [0.2, 0.25) is 0 Å². The van der Waals surface area contributed by atoms with E-state index in [0.29, 0.717) is 0 Å². The molecule has 0 aliphatic heterocycles. The summed E-state index contributed by atoms with van der Waals surface area (Å²) in [6, 6.07) is 1.10. The number of hydrogen-bond donors (Lipinski definition) is 1. The Morgan fingerprint density at radius 3 is 2.62 bits per heavy atom. The summed E-state index contributed by atoms with van der Waals surface area (Å²) < 4.78 is 24.6. The summed E-state index contributed by atoms with van der Waals surface area (Å²) in [5, 5.41) is -0.968. The number of aromatic nitrogens is 1. The van der Waals surface area contributed by atoms with Crippen LogP contribution >= 0.6 is 11.6 Å². The second-order valence-electron chi connectivity index (χ2n) is 2.23. The zero-order chi connectivity index (χ0) is 10.0. The lowest BCUT2D eigenvalue weighted by atomic mass is 10.1. The molecule has 70 valence electrons. The molecule has 0 unspecified atom stereocenters. The van der Waals surface area contributed by atoms with Gasteiger partial charge >= 0.3 is 0 Å². The molecule has 3 nitrogen and oxygen atoms in total. The molecule has 6 heteroatoms. The number of anilines is 1. The molecule has 1 aromatic heterocycles. The lowest BCUT2D eigenvalue weighted by Gasteiger charge is -2.06. The maximum atomic E-state index is 12.3. The average Bonchev–Trinajstić information content (AvgIpc) is 2.02. The second kappa shape index (κ2) is 3.66. The quantitative estimate of drug-likeness (QED) is 0.753. The molecule has 0 atom stereocenters. The van der Waals surface area contributed by atoms with Crippen LogP contribution in [0.1, 0.15) is 22.3 Å². The first-order chi connectivity index (χ1) is 6.04. The van der Waals surface area contributed by atoms with Crippen molar-refractivity contribution in [2.24, 2.45) is 0 Å². The molecule has 0 aliphatic rings. The fraction of sp³-hybridized carbons (Fsp3) is 0.143. The van der Waals surface area contributed by atoms with Gasteiger partial charge in [0.15, 0.2) is 0 Å². The minimum absolute atomic E-state index is 0.302. The van der Waals surface area contributed by atoms with Gasteiger partial charge in [-0.2, -0.15) is 0 Å². The molecular weight excluding hydrogens is 202 g/mol. The van der Waals surface area contributed by atoms with Crippen LogP contribution in [-0.4, -0.2) is 10.2 Å². The molecule has 1 rings (SSSR count). The van der Waals surface area contributed by atoms with Gasteiger partial charge in [0.2, 0.25) is 0 Å². The van der Waals surface area contributed by atoms with Crippen LogP contribution in [-0.2, 0) is 0 Å². The highest BCUT2D eigenvalue weighted by Gasteiger charge is 2.20. The number of hydrogen-bond acceptors (Lipinski definition) is 3. The molecule has 0 aliphatic carbocycles. The maximum Gasteiger partial charge on any atom is 0.268 e. The van der Waals surface area contributed by atoms with Crippen molar-refractivity contribution in [3.8, 4) is 0 Å². The van der Waals surface area contributed by atoms with Crippen molar-refractivity contribution in [3.05, 3.63) is 23.4 Å². The van der Waals surface area contributed by atoms with Gasteiger partial charge in [-0.05, 0) is 17.7 Å². The van der Waals surface area contributed by atoms with E-state index in [1.54, 1.807) is 0 Å². The van der Waals surface area contributed by atoms with Gasteiger partial charge in [-0.15, -0.1) is 0 Å². The Hall–Kier alpha value is -1.23.